The van der Waals surface area contributed by atoms with Crippen LogP contribution in [-0.4, -0.2) is 72.7 Å². The first-order chi connectivity index (χ1) is 12.4. The quantitative estimate of drug-likeness (QED) is 0.758. The second kappa shape index (κ2) is 5.12. The van der Waals surface area contributed by atoms with Crippen LogP contribution in [0.1, 0.15) is 41.7 Å². The molecule has 26 heavy (non-hydrogen) atoms. The van der Waals surface area contributed by atoms with E-state index in [-0.39, 0.29) is 17.7 Å². The molecule has 5 rings (SSSR count). The number of tetrazole rings is 1. The molecule has 2 aromatic heterocycles. The van der Waals surface area contributed by atoms with Crippen molar-refractivity contribution in [1.82, 2.24) is 35.3 Å². The minimum absolute atomic E-state index is 0.173. The van der Waals surface area contributed by atoms with Crippen molar-refractivity contribution in [3.05, 3.63) is 11.3 Å². The van der Waals surface area contributed by atoms with Crippen molar-refractivity contribution in [1.29, 1.82) is 0 Å². The number of nitrogens with zero attached hydrogens (tertiary/aromatic N) is 6. The van der Waals surface area contributed by atoms with Gasteiger partial charge in [0.1, 0.15) is 11.4 Å². The molecule has 0 saturated heterocycles. The number of H-pyrrole nitrogens is 1. The van der Waals surface area contributed by atoms with E-state index in [1.165, 1.54) is 4.68 Å². The lowest BCUT2D eigenvalue weighted by molar-refractivity contribution is 0.0724. The first kappa shape index (κ1) is 15.9. The van der Waals surface area contributed by atoms with Crippen LogP contribution >= 0.6 is 0 Å². The van der Waals surface area contributed by atoms with Crippen LogP contribution in [0, 0.1) is 0 Å². The number of hydrogen-bond donors (Lipinski definition) is 1. The summed E-state index contributed by atoms with van der Waals surface area (Å²) in [6.07, 6.45) is 3.43. The number of carbonyl (C=O) groups is 1. The van der Waals surface area contributed by atoms with Gasteiger partial charge in [-0.1, -0.05) is 0 Å². The van der Waals surface area contributed by atoms with Gasteiger partial charge >= 0.3 is 0 Å². The molecule has 0 atom stereocenters. The maximum Gasteiger partial charge on any atom is 0.272 e. The summed E-state index contributed by atoms with van der Waals surface area (Å²) in [6.45, 7) is 0.761. The van der Waals surface area contributed by atoms with Gasteiger partial charge in [0.15, 0.2) is 9.84 Å². The third-order valence-electron chi connectivity index (χ3n) is 5.68. The van der Waals surface area contributed by atoms with Crippen LogP contribution in [0.3, 0.4) is 0 Å². The Hall–Kier alpha value is -2.30. The van der Waals surface area contributed by atoms with Gasteiger partial charge in [-0.3, -0.25) is 9.48 Å². The highest BCUT2D eigenvalue weighted by atomic mass is 32.2. The lowest BCUT2D eigenvalue weighted by Crippen LogP contribution is -2.46. The topological polar surface area (TPSA) is 127 Å². The van der Waals surface area contributed by atoms with Crippen molar-refractivity contribution >= 4 is 15.7 Å². The molecule has 2 aromatic rings. The molecule has 2 fully saturated rings. The number of amides is 1. The highest BCUT2D eigenvalue weighted by Gasteiger charge is 2.60. The molecule has 1 aliphatic heterocycles. The van der Waals surface area contributed by atoms with E-state index in [9.17, 15) is 13.2 Å². The molecule has 0 radical (unpaired) electrons. The van der Waals surface area contributed by atoms with Gasteiger partial charge in [0.25, 0.3) is 5.91 Å². The summed E-state index contributed by atoms with van der Waals surface area (Å²) >= 11 is 0. The monoisotopic (exact) mass is 377 g/mol. The number of aromatic nitrogens is 6. The number of nitrogens with one attached hydrogen (secondary N) is 1. The number of hydrogen-bond acceptors (Lipinski definition) is 7. The standard InChI is InChI=1S/C15H19N7O3S/c1-21-12-10(11(18-21)13-16-19-20-17-13)4-7-22(14(12)23)8-15(5-6-15)26(24,25)9-2-3-9/h9H,2-8H2,1H3,(H,16,17,19,20). The number of carbonyl (C=O) groups excluding carboxylic acids is 1. The van der Waals surface area contributed by atoms with E-state index < -0.39 is 14.6 Å². The summed E-state index contributed by atoms with van der Waals surface area (Å²) in [7, 11) is -1.44. The van der Waals surface area contributed by atoms with E-state index in [0.717, 1.165) is 18.4 Å². The van der Waals surface area contributed by atoms with Gasteiger partial charge in [-0.25, -0.2) is 8.42 Å². The van der Waals surface area contributed by atoms with Gasteiger partial charge < -0.3 is 4.90 Å². The normalized spacial score (nSPS) is 21.7. The molecule has 10 nitrogen and oxygen atoms in total. The van der Waals surface area contributed by atoms with E-state index in [1.54, 1.807) is 11.9 Å². The van der Waals surface area contributed by atoms with Crippen LogP contribution < -0.4 is 0 Å². The van der Waals surface area contributed by atoms with Crippen molar-refractivity contribution in [3.8, 4) is 11.5 Å². The fourth-order valence-electron chi connectivity index (χ4n) is 3.91. The zero-order valence-electron chi connectivity index (χ0n) is 14.3. The fourth-order valence-corrected chi connectivity index (χ4v) is 6.39. The Labute approximate surface area is 149 Å². The largest absolute Gasteiger partial charge is 0.335 e. The molecule has 3 aliphatic rings. The average Bonchev–Trinajstić information content (AvgIpc) is 3.52. The SMILES string of the molecule is Cn1nc(-c2nn[nH]n2)c2c1C(=O)N(CC1(S(=O)(=O)C3CC3)CC1)CC2. The zero-order valence-corrected chi connectivity index (χ0v) is 15.2. The lowest BCUT2D eigenvalue weighted by atomic mass is 10.0. The minimum atomic E-state index is -3.14. The van der Waals surface area contributed by atoms with Crippen molar-refractivity contribution in [3.63, 3.8) is 0 Å². The lowest BCUT2D eigenvalue weighted by Gasteiger charge is -2.31. The maximum absolute atomic E-state index is 13.0. The summed E-state index contributed by atoms with van der Waals surface area (Å²) in [4.78, 5) is 14.7. The highest BCUT2D eigenvalue weighted by molar-refractivity contribution is 7.94. The Morgan fingerprint density at radius 2 is 2.08 bits per heavy atom. The van der Waals surface area contributed by atoms with E-state index in [4.69, 9.17) is 0 Å². The molecule has 11 heteroatoms. The Kier molecular flexibility index (Phi) is 3.13. The number of aromatic amines is 1. The Morgan fingerprint density at radius 3 is 2.69 bits per heavy atom. The summed E-state index contributed by atoms with van der Waals surface area (Å²) in [6, 6.07) is 0. The molecule has 0 spiro atoms. The van der Waals surface area contributed by atoms with E-state index in [0.29, 0.717) is 43.0 Å². The van der Waals surface area contributed by atoms with Crippen molar-refractivity contribution < 1.29 is 13.2 Å². The Bertz CT molecular complexity index is 987. The fraction of sp³-hybridized carbons (Fsp3) is 0.667. The van der Waals surface area contributed by atoms with Crippen molar-refractivity contribution in [2.45, 2.75) is 42.1 Å². The van der Waals surface area contributed by atoms with Gasteiger partial charge in [0, 0.05) is 25.7 Å². The van der Waals surface area contributed by atoms with Crippen LogP contribution in [0.5, 0.6) is 0 Å². The molecule has 3 heterocycles. The second-order valence-electron chi connectivity index (χ2n) is 7.44. The third kappa shape index (κ3) is 2.15. The number of rotatable bonds is 5. The molecule has 0 aromatic carbocycles. The maximum atomic E-state index is 13.0. The predicted molar refractivity (Wildman–Crippen MR) is 89.9 cm³/mol. The average molecular weight is 377 g/mol. The summed E-state index contributed by atoms with van der Waals surface area (Å²) < 4.78 is 26.3. The number of aryl methyl sites for hydroxylation is 1. The molecule has 0 bridgehead atoms. The predicted octanol–water partition coefficient (Wildman–Crippen LogP) is -0.292. The van der Waals surface area contributed by atoms with E-state index in [1.807, 2.05) is 0 Å². The highest BCUT2D eigenvalue weighted by Crippen LogP contribution is 2.51. The molecule has 1 N–H and O–H groups in total. The summed E-state index contributed by atoms with van der Waals surface area (Å²) in [5.74, 6) is 0.186. The minimum Gasteiger partial charge on any atom is -0.335 e. The van der Waals surface area contributed by atoms with Crippen LogP contribution in [0.15, 0.2) is 0 Å². The molecule has 0 unspecified atom stereocenters. The number of sulfone groups is 1. The zero-order chi connectivity index (χ0) is 18.1. The molecule has 138 valence electrons. The van der Waals surface area contributed by atoms with E-state index >= 15 is 0 Å². The second-order valence-corrected chi connectivity index (χ2v) is 10.1. The van der Waals surface area contributed by atoms with Crippen molar-refractivity contribution in [2.24, 2.45) is 7.05 Å². The van der Waals surface area contributed by atoms with Crippen LogP contribution in [0.2, 0.25) is 0 Å². The van der Waals surface area contributed by atoms with Gasteiger partial charge in [0.05, 0.1) is 10.00 Å². The van der Waals surface area contributed by atoms with E-state index in [2.05, 4.69) is 25.7 Å². The molecule has 2 saturated carbocycles. The first-order valence-electron chi connectivity index (χ1n) is 8.75. The summed E-state index contributed by atoms with van der Waals surface area (Å²) in [5.41, 5.74) is 1.83. The molecular weight excluding hydrogens is 358 g/mol. The Balaban J connectivity index is 1.45. The molecule has 2 aliphatic carbocycles. The first-order valence-corrected chi connectivity index (χ1v) is 10.3. The van der Waals surface area contributed by atoms with Gasteiger partial charge in [-0.05, 0) is 37.3 Å². The smallest absolute Gasteiger partial charge is 0.272 e. The van der Waals surface area contributed by atoms with Crippen molar-refractivity contribution in [2.75, 3.05) is 13.1 Å². The molecular formula is C15H19N7O3S. The third-order valence-corrected chi connectivity index (χ3v) is 8.77. The number of fused-ring (bicyclic) bond motifs is 1. The van der Waals surface area contributed by atoms with Crippen LogP contribution in [-0.2, 0) is 23.3 Å². The molecule has 1 amide bonds. The Morgan fingerprint density at radius 1 is 1.31 bits per heavy atom. The summed E-state index contributed by atoms with van der Waals surface area (Å²) in [5, 5.41) is 18.0. The van der Waals surface area contributed by atoms with Gasteiger partial charge in [-0.15, -0.1) is 10.2 Å². The van der Waals surface area contributed by atoms with Gasteiger partial charge in [0.2, 0.25) is 5.82 Å². The van der Waals surface area contributed by atoms with Crippen LogP contribution in [0.25, 0.3) is 11.5 Å². The van der Waals surface area contributed by atoms with Gasteiger partial charge in [-0.2, -0.15) is 10.3 Å². The van der Waals surface area contributed by atoms with Crippen LogP contribution in [0.4, 0.5) is 0 Å².